The molecule has 0 unspecified atom stereocenters. The molecule has 0 saturated carbocycles. The molecule has 1 aliphatic heterocycles. The SMILES string of the molecule is Cc1ccc(C)c(N2C(=O)C(Nc3ccc(OC(F)(F)F)cc3)=C(c3cccs3)C2=O)c1. The van der Waals surface area contributed by atoms with Gasteiger partial charge >= 0.3 is 6.36 Å². The number of carbonyl (C=O) groups excluding carboxylic acids is 2. The van der Waals surface area contributed by atoms with E-state index in [1.165, 1.54) is 23.5 Å². The van der Waals surface area contributed by atoms with Crippen LogP contribution in [-0.4, -0.2) is 18.2 Å². The summed E-state index contributed by atoms with van der Waals surface area (Å²) in [5.41, 5.74) is 2.75. The van der Waals surface area contributed by atoms with Crippen molar-refractivity contribution >= 4 is 40.1 Å². The van der Waals surface area contributed by atoms with Crippen LogP contribution in [0.25, 0.3) is 5.57 Å². The summed E-state index contributed by atoms with van der Waals surface area (Å²) in [5, 5.41) is 4.71. The molecule has 164 valence electrons. The summed E-state index contributed by atoms with van der Waals surface area (Å²) in [6.45, 7) is 3.68. The lowest BCUT2D eigenvalue weighted by Crippen LogP contribution is -2.33. The number of anilines is 2. The molecule has 0 aliphatic carbocycles. The molecular formula is C23H17F3N2O3S. The number of imide groups is 1. The topological polar surface area (TPSA) is 58.6 Å². The molecule has 2 amide bonds. The molecule has 1 N–H and O–H groups in total. The Kier molecular flexibility index (Phi) is 5.52. The molecule has 2 aromatic carbocycles. The van der Waals surface area contributed by atoms with Gasteiger partial charge in [0.15, 0.2) is 0 Å². The van der Waals surface area contributed by atoms with E-state index >= 15 is 0 Å². The largest absolute Gasteiger partial charge is 0.573 e. The zero-order chi connectivity index (χ0) is 23.0. The van der Waals surface area contributed by atoms with Gasteiger partial charge in [0.2, 0.25) is 0 Å². The van der Waals surface area contributed by atoms with E-state index in [2.05, 4.69) is 10.1 Å². The Balaban J connectivity index is 1.72. The third-order valence-corrected chi connectivity index (χ3v) is 5.70. The number of halogens is 3. The van der Waals surface area contributed by atoms with Crippen LogP contribution in [0.4, 0.5) is 24.5 Å². The minimum atomic E-state index is -4.80. The Morgan fingerprint density at radius 3 is 2.31 bits per heavy atom. The van der Waals surface area contributed by atoms with Gasteiger partial charge in [0, 0.05) is 10.6 Å². The standard InChI is InChI=1S/C23H17F3N2O3S/c1-13-5-6-14(2)17(12-13)28-21(29)19(18-4-3-11-32-18)20(22(28)30)27-15-7-9-16(10-8-15)31-23(24,25)26/h3-12,27H,1-2H3. The number of amides is 2. The normalized spacial score (nSPS) is 14.3. The van der Waals surface area contributed by atoms with Crippen LogP contribution in [-0.2, 0) is 9.59 Å². The van der Waals surface area contributed by atoms with Crippen LogP contribution in [0.15, 0.2) is 65.7 Å². The zero-order valence-electron chi connectivity index (χ0n) is 17.0. The number of carbonyl (C=O) groups is 2. The highest BCUT2D eigenvalue weighted by molar-refractivity contribution is 7.11. The molecule has 1 aromatic heterocycles. The number of hydrogen-bond donors (Lipinski definition) is 1. The summed E-state index contributed by atoms with van der Waals surface area (Å²) >= 11 is 1.31. The summed E-state index contributed by atoms with van der Waals surface area (Å²) in [4.78, 5) is 28.5. The second-order valence-corrected chi connectivity index (χ2v) is 8.11. The number of aryl methyl sites for hydroxylation is 2. The predicted octanol–water partition coefficient (Wildman–Crippen LogP) is 5.66. The molecule has 0 fully saturated rings. The van der Waals surface area contributed by atoms with E-state index in [4.69, 9.17) is 0 Å². The molecular weight excluding hydrogens is 441 g/mol. The van der Waals surface area contributed by atoms with Crippen LogP contribution in [0.2, 0.25) is 0 Å². The lowest BCUT2D eigenvalue weighted by Gasteiger charge is -2.18. The van der Waals surface area contributed by atoms with Gasteiger partial charge in [0.05, 0.1) is 11.3 Å². The molecule has 0 saturated heterocycles. The third-order valence-electron chi connectivity index (χ3n) is 4.81. The minimum Gasteiger partial charge on any atom is -0.406 e. The monoisotopic (exact) mass is 458 g/mol. The maximum Gasteiger partial charge on any atom is 0.573 e. The molecule has 0 atom stereocenters. The fraction of sp³-hybridized carbons (Fsp3) is 0.130. The Morgan fingerprint density at radius 2 is 1.69 bits per heavy atom. The van der Waals surface area contributed by atoms with Crippen molar-refractivity contribution in [2.45, 2.75) is 20.2 Å². The molecule has 4 rings (SSSR count). The number of hydrogen-bond acceptors (Lipinski definition) is 5. The van der Waals surface area contributed by atoms with E-state index in [9.17, 15) is 22.8 Å². The second kappa shape index (κ2) is 8.16. The van der Waals surface area contributed by atoms with Gasteiger partial charge in [-0.2, -0.15) is 0 Å². The molecule has 0 bridgehead atoms. The van der Waals surface area contributed by atoms with E-state index in [0.29, 0.717) is 16.3 Å². The number of rotatable bonds is 5. The lowest BCUT2D eigenvalue weighted by molar-refractivity contribution is -0.274. The highest BCUT2D eigenvalue weighted by Gasteiger charge is 2.41. The van der Waals surface area contributed by atoms with Crippen molar-refractivity contribution < 1.29 is 27.5 Å². The summed E-state index contributed by atoms with van der Waals surface area (Å²) < 4.78 is 41.1. The summed E-state index contributed by atoms with van der Waals surface area (Å²) in [7, 11) is 0. The van der Waals surface area contributed by atoms with Crippen LogP contribution in [0, 0.1) is 13.8 Å². The first-order valence-electron chi connectivity index (χ1n) is 9.51. The number of alkyl halides is 3. The van der Waals surface area contributed by atoms with Gasteiger partial charge in [-0.05, 0) is 66.8 Å². The van der Waals surface area contributed by atoms with Gasteiger partial charge in [0.1, 0.15) is 11.4 Å². The first-order valence-corrected chi connectivity index (χ1v) is 10.4. The second-order valence-electron chi connectivity index (χ2n) is 7.16. The maximum absolute atomic E-state index is 13.4. The van der Waals surface area contributed by atoms with E-state index in [0.717, 1.165) is 28.2 Å². The van der Waals surface area contributed by atoms with Gasteiger partial charge in [-0.15, -0.1) is 24.5 Å². The summed E-state index contributed by atoms with van der Waals surface area (Å²) in [5.74, 6) is -1.39. The maximum atomic E-state index is 13.4. The lowest BCUT2D eigenvalue weighted by atomic mass is 10.1. The quantitative estimate of drug-likeness (QED) is 0.502. The number of nitrogens with zero attached hydrogens (tertiary/aromatic N) is 1. The molecule has 2 heterocycles. The summed E-state index contributed by atoms with van der Waals surface area (Å²) in [6, 6.07) is 13.9. The Hall–Kier alpha value is -3.59. The third kappa shape index (κ3) is 4.24. The zero-order valence-corrected chi connectivity index (χ0v) is 17.8. The number of ether oxygens (including phenoxy) is 1. The van der Waals surface area contributed by atoms with Crippen LogP contribution in [0.5, 0.6) is 5.75 Å². The Morgan fingerprint density at radius 1 is 0.969 bits per heavy atom. The molecule has 3 aromatic rings. The number of benzene rings is 2. The molecule has 5 nitrogen and oxygen atoms in total. The number of thiophene rings is 1. The van der Waals surface area contributed by atoms with Gasteiger partial charge < -0.3 is 10.1 Å². The van der Waals surface area contributed by atoms with Crippen molar-refractivity contribution in [1.29, 1.82) is 0 Å². The van der Waals surface area contributed by atoms with Crippen LogP contribution >= 0.6 is 11.3 Å². The molecule has 9 heteroatoms. The predicted molar refractivity (Wildman–Crippen MR) is 116 cm³/mol. The van der Waals surface area contributed by atoms with Crippen LogP contribution in [0.3, 0.4) is 0 Å². The smallest absolute Gasteiger partial charge is 0.406 e. The van der Waals surface area contributed by atoms with E-state index in [1.54, 1.807) is 23.6 Å². The first kappa shape index (κ1) is 21.6. The average molecular weight is 458 g/mol. The van der Waals surface area contributed by atoms with Gasteiger partial charge in [-0.1, -0.05) is 18.2 Å². The molecule has 0 radical (unpaired) electrons. The Labute approximate surface area is 185 Å². The first-order chi connectivity index (χ1) is 15.1. The minimum absolute atomic E-state index is 0.0582. The fourth-order valence-electron chi connectivity index (χ4n) is 3.36. The van der Waals surface area contributed by atoms with Gasteiger partial charge in [-0.25, -0.2) is 4.90 Å². The van der Waals surface area contributed by atoms with Crippen LogP contribution in [0.1, 0.15) is 16.0 Å². The van der Waals surface area contributed by atoms with Crippen LogP contribution < -0.4 is 15.0 Å². The number of nitrogens with one attached hydrogen (secondary N) is 1. The van der Waals surface area contributed by atoms with Crippen molar-refractivity contribution in [3.05, 3.63) is 81.7 Å². The highest BCUT2D eigenvalue weighted by Crippen LogP contribution is 2.37. The van der Waals surface area contributed by atoms with Crippen molar-refractivity contribution in [1.82, 2.24) is 0 Å². The van der Waals surface area contributed by atoms with E-state index in [1.807, 2.05) is 26.0 Å². The van der Waals surface area contributed by atoms with Crippen molar-refractivity contribution in [3.63, 3.8) is 0 Å². The van der Waals surface area contributed by atoms with Crippen molar-refractivity contribution in [3.8, 4) is 5.75 Å². The molecule has 32 heavy (non-hydrogen) atoms. The van der Waals surface area contributed by atoms with Gasteiger partial charge in [-0.3, -0.25) is 9.59 Å². The average Bonchev–Trinajstić information content (AvgIpc) is 3.31. The van der Waals surface area contributed by atoms with E-state index in [-0.39, 0.29) is 17.0 Å². The van der Waals surface area contributed by atoms with E-state index < -0.39 is 18.2 Å². The molecule has 1 aliphatic rings. The Bertz CT molecular complexity index is 1220. The fourth-order valence-corrected chi connectivity index (χ4v) is 4.13. The highest BCUT2D eigenvalue weighted by atomic mass is 32.1. The van der Waals surface area contributed by atoms with Crippen molar-refractivity contribution in [2.24, 2.45) is 0 Å². The summed E-state index contributed by atoms with van der Waals surface area (Å²) in [6.07, 6.45) is -4.80. The molecule has 0 spiro atoms. The van der Waals surface area contributed by atoms with Crippen molar-refractivity contribution in [2.75, 3.05) is 10.2 Å². The van der Waals surface area contributed by atoms with Gasteiger partial charge in [0.25, 0.3) is 11.8 Å².